The first-order valence-corrected chi connectivity index (χ1v) is 5.27. The highest BCUT2D eigenvalue weighted by molar-refractivity contribution is 6.31. The number of cyclic esters (lactones) is 1. The molecule has 0 saturated carbocycles. The minimum Gasteiger partial charge on any atom is -0.455 e. The Labute approximate surface area is 93.5 Å². The second kappa shape index (κ2) is 4.07. The summed E-state index contributed by atoms with van der Waals surface area (Å²) in [7, 11) is 0. The molecule has 1 atom stereocenters. The highest BCUT2D eigenvalue weighted by Gasteiger charge is 2.25. The number of halogens is 1. The molecule has 2 rings (SSSR count). The topological polar surface area (TPSA) is 26.3 Å². The van der Waals surface area contributed by atoms with E-state index in [0.29, 0.717) is 10.6 Å². The predicted molar refractivity (Wildman–Crippen MR) is 59.6 cm³/mol. The average molecular weight is 223 g/mol. The molecule has 0 spiro atoms. The van der Waals surface area contributed by atoms with Crippen LogP contribution in [0.15, 0.2) is 30.3 Å². The van der Waals surface area contributed by atoms with E-state index in [4.69, 9.17) is 16.3 Å². The van der Waals surface area contributed by atoms with Gasteiger partial charge in [0.2, 0.25) is 0 Å². The van der Waals surface area contributed by atoms with Gasteiger partial charge in [-0.15, -0.1) is 0 Å². The molecular formula is C12H11ClO2. The molecule has 3 heteroatoms. The fourth-order valence-corrected chi connectivity index (χ4v) is 1.75. The van der Waals surface area contributed by atoms with E-state index in [-0.39, 0.29) is 12.1 Å². The van der Waals surface area contributed by atoms with Crippen molar-refractivity contribution in [2.45, 2.75) is 19.4 Å². The van der Waals surface area contributed by atoms with Crippen molar-refractivity contribution >= 4 is 23.1 Å². The number of hydrogen-bond donors (Lipinski definition) is 0. The number of esters is 1. The van der Waals surface area contributed by atoms with Crippen LogP contribution in [0.2, 0.25) is 5.02 Å². The van der Waals surface area contributed by atoms with E-state index in [9.17, 15) is 4.79 Å². The first-order chi connectivity index (χ1) is 7.20. The Kier molecular flexibility index (Phi) is 2.78. The van der Waals surface area contributed by atoms with Gasteiger partial charge < -0.3 is 4.74 Å². The van der Waals surface area contributed by atoms with Crippen molar-refractivity contribution in [1.29, 1.82) is 0 Å². The van der Waals surface area contributed by atoms with Crippen LogP contribution >= 0.6 is 11.6 Å². The molecular weight excluding hydrogens is 212 g/mol. The molecule has 1 aliphatic heterocycles. The minimum absolute atomic E-state index is 0.0912. The fraction of sp³-hybridized carbons (Fsp3) is 0.250. The second-order valence-corrected chi connectivity index (χ2v) is 3.88. The van der Waals surface area contributed by atoms with Crippen LogP contribution in [0.5, 0.6) is 0 Å². The van der Waals surface area contributed by atoms with Gasteiger partial charge in [-0.05, 0) is 30.2 Å². The number of carbonyl (C=O) groups excluding carboxylic acids is 1. The summed E-state index contributed by atoms with van der Waals surface area (Å²) < 4.78 is 5.14. The summed E-state index contributed by atoms with van der Waals surface area (Å²) in [6.45, 7) is 1.98. The molecule has 2 nitrogen and oxygen atoms in total. The third-order valence-electron chi connectivity index (χ3n) is 2.37. The molecule has 1 aromatic rings. The molecule has 0 N–H and O–H groups in total. The van der Waals surface area contributed by atoms with Crippen LogP contribution in [-0.4, -0.2) is 12.1 Å². The Morgan fingerprint density at radius 1 is 1.47 bits per heavy atom. The monoisotopic (exact) mass is 222 g/mol. The largest absolute Gasteiger partial charge is 0.455 e. The van der Waals surface area contributed by atoms with E-state index < -0.39 is 0 Å². The maximum atomic E-state index is 11.5. The average Bonchev–Trinajstić information content (AvgIpc) is 2.60. The predicted octanol–water partition coefficient (Wildman–Crippen LogP) is 3.06. The first-order valence-electron chi connectivity index (χ1n) is 4.89. The lowest BCUT2D eigenvalue weighted by molar-refractivity contribution is -0.137. The van der Waals surface area contributed by atoms with Crippen LogP contribution in [-0.2, 0) is 9.53 Å². The van der Waals surface area contributed by atoms with Gasteiger partial charge in [0, 0.05) is 5.02 Å². The standard InChI is InChI=1S/C12H11ClO2/c1-2-10-7-11(12(14)15-10)8-4-3-5-9(13)6-8/h3-7,10H,2H2,1H3. The van der Waals surface area contributed by atoms with Crippen LogP contribution in [0.1, 0.15) is 18.9 Å². The Morgan fingerprint density at radius 2 is 2.27 bits per heavy atom. The van der Waals surface area contributed by atoms with E-state index in [2.05, 4.69) is 0 Å². The Bertz CT molecular complexity index is 423. The van der Waals surface area contributed by atoms with Crippen LogP contribution in [0.4, 0.5) is 0 Å². The summed E-state index contributed by atoms with van der Waals surface area (Å²) in [5.41, 5.74) is 1.44. The zero-order chi connectivity index (χ0) is 10.8. The van der Waals surface area contributed by atoms with E-state index >= 15 is 0 Å². The fourth-order valence-electron chi connectivity index (χ4n) is 1.56. The van der Waals surface area contributed by atoms with Crippen LogP contribution in [0, 0.1) is 0 Å². The molecule has 1 aromatic carbocycles. The highest BCUT2D eigenvalue weighted by atomic mass is 35.5. The summed E-state index contributed by atoms with van der Waals surface area (Å²) in [5, 5.41) is 0.626. The summed E-state index contributed by atoms with van der Waals surface area (Å²) in [4.78, 5) is 11.5. The third kappa shape index (κ3) is 2.05. The van der Waals surface area contributed by atoms with Crippen LogP contribution in [0.25, 0.3) is 5.57 Å². The maximum Gasteiger partial charge on any atom is 0.339 e. The molecule has 0 aromatic heterocycles. The Balaban J connectivity index is 2.35. The van der Waals surface area contributed by atoms with Gasteiger partial charge in [-0.1, -0.05) is 30.7 Å². The third-order valence-corrected chi connectivity index (χ3v) is 2.60. The SMILES string of the molecule is CCC1C=C(c2cccc(Cl)c2)C(=O)O1. The number of rotatable bonds is 2. The number of benzene rings is 1. The molecule has 15 heavy (non-hydrogen) atoms. The molecule has 1 unspecified atom stereocenters. The van der Waals surface area contributed by atoms with Gasteiger partial charge in [0.15, 0.2) is 0 Å². The lowest BCUT2D eigenvalue weighted by Gasteiger charge is -2.02. The minimum atomic E-state index is -0.260. The normalized spacial score (nSPS) is 20.0. The van der Waals surface area contributed by atoms with Crippen LogP contribution in [0.3, 0.4) is 0 Å². The lowest BCUT2D eigenvalue weighted by atomic mass is 10.1. The molecule has 0 aliphatic carbocycles. The summed E-state index contributed by atoms with van der Waals surface area (Å²) in [6, 6.07) is 7.23. The van der Waals surface area contributed by atoms with Crippen molar-refractivity contribution in [3.05, 3.63) is 40.9 Å². The van der Waals surface area contributed by atoms with Gasteiger partial charge in [0.1, 0.15) is 6.10 Å². The van der Waals surface area contributed by atoms with Crippen molar-refractivity contribution in [1.82, 2.24) is 0 Å². The van der Waals surface area contributed by atoms with Gasteiger partial charge >= 0.3 is 5.97 Å². The van der Waals surface area contributed by atoms with E-state index in [1.165, 1.54) is 0 Å². The van der Waals surface area contributed by atoms with Crippen molar-refractivity contribution in [3.63, 3.8) is 0 Å². The first kappa shape index (κ1) is 10.2. The zero-order valence-electron chi connectivity index (χ0n) is 8.37. The second-order valence-electron chi connectivity index (χ2n) is 3.44. The quantitative estimate of drug-likeness (QED) is 0.719. The molecule has 0 fully saturated rings. The van der Waals surface area contributed by atoms with Gasteiger partial charge in [-0.25, -0.2) is 4.79 Å². The van der Waals surface area contributed by atoms with Gasteiger partial charge in [0.25, 0.3) is 0 Å². The van der Waals surface area contributed by atoms with Crippen molar-refractivity contribution < 1.29 is 9.53 Å². The van der Waals surface area contributed by atoms with Crippen molar-refractivity contribution in [3.8, 4) is 0 Å². The van der Waals surface area contributed by atoms with Gasteiger partial charge in [0.05, 0.1) is 5.57 Å². The van der Waals surface area contributed by atoms with E-state index in [1.54, 1.807) is 12.1 Å². The lowest BCUT2D eigenvalue weighted by Crippen LogP contribution is -2.06. The number of ether oxygens (including phenoxy) is 1. The molecule has 78 valence electrons. The molecule has 0 saturated heterocycles. The molecule has 0 radical (unpaired) electrons. The van der Waals surface area contributed by atoms with E-state index in [0.717, 1.165) is 12.0 Å². The number of hydrogen-bond acceptors (Lipinski definition) is 2. The van der Waals surface area contributed by atoms with Crippen LogP contribution < -0.4 is 0 Å². The zero-order valence-corrected chi connectivity index (χ0v) is 9.12. The van der Waals surface area contributed by atoms with Gasteiger partial charge in [-0.3, -0.25) is 0 Å². The highest BCUT2D eigenvalue weighted by Crippen LogP contribution is 2.26. The van der Waals surface area contributed by atoms with E-state index in [1.807, 2.05) is 25.1 Å². The Morgan fingerprint density at radius 3 is 2.87 bits per heavy atom. The summed E-state index contributed by atoms with van der Waals surface area (Å²) >= 11 is 5.86. The molecule has 0 amide bonds. The van der Waals surface area contributed by atoms with Crippen molar-refractivity contribution in [2.24, 2.45) is 0 Å². The molecule has 1 heterocycles. The summed E-state index contributed by atoms with van der Waals surface area (Å²) in [5.74, 6) is -0.260. The van der Waals surface area contributed by atoms with Crippen molar-refractivity contribution in [2.75, 3.05) is 0 Å². The summed E-state index contributed by atoms with van der Waals surface area (Å²) in [6.07, 6.45) is 2.57. The smallest absolute Gasteiger partial charge is 0.339 e. The number of carbonyl (C=O) groups is 1. The molecule has 1 aliphatic rings. The van der Waals surface area contributed by atoms with Gasteiger partial charge in [-0.2, -0.15) is 0 Å². The maximum absolute atomic E-state index is 11.5. The Hall–Kier alpha value is -1.28. The molecule has 0 bridgehead atoms.